The van der Waals surface area contributed by atoms with Crippen molar-refractivity contribution in [2.75, 3.05) is 17.2 Å². The van der Waals surface area contributed by atoms with E-state index in [2.05, 4.69) is 4.98 Å². The van der Waals surface area contributed by atoms with Crippen molar-refractivity contribution in [2.45, 2.75) is 18.9 Å². The van der Waals surface area contributed by atoms with Crippen LogP contribution >= 0.6 is 11.8 Å². The molecule has 1 fully saturated rings. The first-order chi connectivity index (χ1) is 7.18. The number of nitrogens with one attached hydrogen (secondary N) is 1. The summed E-state index contributed by atoms with van der Waals surface area (Å²) in [6, 6.07) is 0.179. The van der Waals surface area contributed by atoms with Crippen molar-refractivity contribution in [3.8, 4) is 0 Å². The lowest BCUT2D eigenvalue weighted by Gasteiger charge is -2.23. The number of hydrogen-bond acceptors (Lipinski definition) is 4. The summed E-state index contributed by atoms with van der Waals surface area (Å²) >= 11 is 1.89. The van der Waals surface area contributed by atoms with Gasteiger partial charge in [0.25, 0.3) is 5.56 Å². The molecule has 0 unspecified atom stereocenters. The first-order valence-electron chi connectivity index (χ1n) is 4.87. The monoisotopic (exact) mass is 227 g/mol. The fourth-order valence-electron chi connectivity index (χ4n) is 1.74. The van der Waals surface area contributed by atoms with Gasteiger partial charge in [-0.2, -0.15) is 11.8 Å². The van der Waals surface area contributed by atoms with E-state index in [0.29, 0.717) is 0 Å². The Morgan fingerprint density at radius 1 is 1.40 bits per heavy atom. The van der Waals surface area contributed by atoms with Crippen LogP contribution in [0.3, 0.4) is 0 Å². The van der Waals surface area contributed by atoms with E-state index < -0.39 is 5.56 Å². The Hall–Kier alpha value is -1.17. The quantitative estimate of drug-likeness (QED) is 0.717. The molecule has 15 heavy (non-hydrogen) atoms. The number of nitrogens with two attached hydrogens (primary N) is 1. The summed E-state index contributed by atoms with van der Waals surface area (Å²) in [6.45, 7) is 0. The third-order valence-corrected chi connectivity index (χ3v) is 3.63. The minimum Gasteiger partial charge on any atom is -0.393 e. The van der Waals surface area contributed by atoms with Gasteiger partial charge in [0.2, 0.25) is 0 Å². The van der Waals surface area contributed by atoms with Crippen molar-refractivity contribution in [1.29, 1.82) is 0 Å². The van der Waals surface area contributed by atoms with Crippen LogP contribution in [-0.2, 0) is 0 Å². The van der Waals surface area contributed by atoms with Gasteiger partial charge >= 0.3 is 5.69 Å². The SMILES string of the molecule is Nc1cn(C2CCSCC2)c(=O)[nH]c1=O. The summed E-state index contributed by atoms with van der Waals surface area (Å²) in [7, 11) is 0. The topological polar surface area (TPSA) is 80.9 Å². The van der Waals surface area contributed by atoms with Gasteiger partial charge in [-0.3, -0.25) is 14.3 Å². The van der Waals surface area contributed by atoms with Crippen molar-refractivity contribution in [2.24, 2.45) is 0 Å². The molecule has 3 N–H and O–H groups in total. The molecule has 0 saturated carbocycles. The predicted octanol–water partition coefficient (Wildman–Crippen LogP) is 0.187. The van der Waals surface area contributed by atoms with E-state index in [1.807, 2.05) is 11.8 Å². The molecule has 5 nitrogen and oxygen atoms in total. The standard InChI is InChI=1S/C9H13N3O2S/c10-7-5-12(9(14)11-8(7)13)6-1-3-15-4-2-6/h5-6H,1-4,10H2,(H,11,13,14). The average Bonchev–Trinajstić information content (AvgIpc) is 2.25. The van der Waals surface area contributed by atoms with E-state index in [9.17, 15) is 9.59 Å². The summed E-state index contributed by atoms with van der Waals surface area (Å²) in [6.07, 6.45) is 3.37. The molecule has 0 bridgehead atoms. The van der Waals surface area contributed by atoms with Gasteiger partial charge in [0.1, 0.15) is 5.69 Å². The highest BCUT2D eigenvalue weighted by Gasteiger charge is 2.17. The Kier molecular flexibility index (Phi) is 2.86. The molecule has 0 atom stereocenters. The van der Waals surface area contributed by atoms with Crippen molar-refractivity contribution in [1.82, 2.24) is 9.55 Å². The summed E-state index contributed by atoms with van der Waals surface area (Å²) in [5.41, 5.74) is 4.74. The van der Waals surface area contributed by atoms with Crippen LogP contribution in [0.15, 0.2) is 15.8 Å². The van der Waals surface area contributed by atoms with Crippen molar-refractivity contribution in [3.05, 3.63) is 27.0 Å². The van der Waals surface area contributed by atoms with E-state index in [-0.39, 0.29) is 17.4 Å². The maximum atomic E-state index is 11.5. The van der Waals surface area contributed by atoms with Gasteiger partial charge in [0, 0.05) is 12.2 Å². The molecule has 2 rings (SSSR count). The van der Waals surface area contributed by atoms with Gasteiger partial charge in [-0.1, -0.05) is 0 Å². The van der Waals surface area contributed by atoms with E-state index in [0.717, 1.165) is 24.3 Å². The van der Waals surface area contributed by atoms with Crippen LogP contribution < -0.4 is 17.0 Å². The molecule has 1 aliphatic heterocycles. The normalized spacial score (nSPS) is 17.9. The predicted molar refractivity (Wildman–Crippen MR) is 61.3 cm³/mol. The number of aromatic nitrogens is 2. The number of aromatic amines is 1. The van der Waals surface area contributed by atoms with Gasteiger partial charge in [-0.25, -0.2) is 4.79 Å². The zero-order chi connectivity index (χ0) is 10.8. The van der Waals surface area contributed by atoms with E-state index in [4.69, 9.17) is 5.73 Å². The third kappa shape index (κ3) is 2.09. The number of nitrogens with zero attached hydrogens (tertiary/aromatic N) is 1. The molecule has 0 aromatic carbocycles. The van der Waals surface area contributed by atoms with Crippen LogP contribution in [0.5, 0.6) is 0 Å². The number of anilines is 1. The lowest BCUT2D eigenvalue weighted by atomic mass is 10.1. The molecule has 0 radical (unpaired) electrons. The first kappa shape index (κ1) is 10.4. The van der Waals surface area contributed by atoms with Gasteiger partial charge in [-0.05, 0) is 24.3 Å². The largest absolute Gasteiger partial charge is 0.393 e. The van der Waals surface area contributed by atoms with Crippen molar-refractivity contribution in [3.63, 3.8) is 0 Å². The highest BCUT2D eigenvalue weighted by Crippen LogP contribution is 2.25. The molecule has 1 aliphatic rings. The Bertz CT molecular complexity index is 459. The molecule has 6 heteroatoms. The molecule has 1 aromatic heterocycles. The third-order valence-electron chi connectivity index (χ3n) is 2.58. The van der Waals surface area contributed by atoms with Crippen LogP contribution in [0.1, 0.15) is 18.9 Å². The van der Waals surface area contributed by atoms with E-state index in [1.165, 1.54) is 6.20 Å². The zero-order valence-corrected chi connectivity index (χ0v) is 9.05. The summed E-state index contributed by atoms with van der Waals surface area (Å²) in [4.78, 5) is 24.8. The van der Waals surface area contributed by atoms with Crippen LogP contribution in [0.2, 0.25) is 0 Å². The molecular formula is C9H13N3O2S. The first-order valence-corrected chi connectivity index (χ1v) is 6.02. The average molecular weight is 227 g/mol. The number of thioether (sulfide) groups is 1. The zero-order valence-electron chi connectivity index (χ0n) is 8.23. The second-order valence-electron chi connectivity index (χ2n) is 3.59. The maximum absolute atomic E-state index is 11.5. The number of rotatable bonds is 1. The Labute approximate surface area is 90.7 Å². The minimum absolute atomic E-state index is 0.104. The smallest absolute Gasteiger partial charge is 0.328 e. The lowest BCUT2D eigenvalue weighted by molar-refractivity contribution is 0.448. The van der Waals surface area contributed by atoms with Gasteiger partial charge in [0.05, 0.1) is 0 Å². The van der Waals surface area contributed by atoms with Crippen LogP contribution in [-0.4, -0.2) is 21.1 Å². The molecule has 0 amide bonds. The van der Waals surface area contributed by atoms with Gasteiger partial charge < -0.3 is 5.73 Å². The number of nitrogen functional groups attached to an aromatic ring is 1. The summed E-state index contributed by atoms with van der Waals surface area (Å²) < 4.78 is 1.55. The maximum Gasteiger partial charge on any atom is 0.328 e. The van der Waals surface area contributed by atoms with Crippen molar-refractivity contribution >= 4 is 17.4 Å². The minimum atomic E-state index is -0.499. The van der Waals surface area contributed by atoms with Crippen LogP contribution in [0, 0.1) is 0 Å². The van der Waals surface area contributed by atoms with Gasteiger partial charge in [-0.15, -0.1) is 0 Å². The van der Waals surface area contributed by atoms with E-state index >= 15 is 0 Å². The van der Waals surface area contributed by atoms with Crippen molar-refractivity contribution < 1.29 is 0 Å². The number of H-pyrrole nitrogens is 1. The molecule has 1 aromatic rings. The highest BCUT2D eigenvalue weighted by molar-refractivity contribution is 7.99. The molecule has 82 valence electrons. The summed E-state index contributed by atoms with van der Waals surface area (Å²) in [5, 5.41) is 0. The van der Waals surface area contributed by atoms with Crippen LogP contribution in [0.25, 0.3) is 0 Å². The Morgan fingerprint density at radius 2 is 2.07 bits per heavy atom. The molecular weight excluding hydrogens is 214 g/mol. The molecule has 2 heterocycles. The molecule has 0 spiro atoms. The van der Waals surface area contributed by atoms with E-state index in [1.54, 1.807) is 4.57 Å². The second-order valence-corrected chi connectivity index (χ2v) is 4.82. The Balaban J connectivity index is 2.39. The summed E-state index contributed by atoms with van der Waals surface area (Å²) in [5.74, 6) is 2.10. The fourth-order valence-corrected chi connectivity index (χ4v) is 2.82. The number of hydrogen-bond donors (Lipinski definition) is 2. The van der Waals surface area contributed by atoms with Crippen LogP contribution in [0.4, 0.5) is 5.69 Å². The Morgan fingerprint density at radius 3 is 2.73 bits per heavy atom. The molecule has 0 aliphatic carbocycles. The molecule has 1 saturated heterocycles. The fraction of sp³-hybridized carbons (Fsp3) is 0.556. The highest BCUT2D eigenvalue weighted by atomic mass is 32.2. The van der Waals surface area contributed by atoms with Gasteiger partial charge in [0.15, 0.2) is 0 Å². The lowest BCUT2D eigenvalue weighted by Crippen LogP contribution is -2.34. The second kappa shape index (κ2) is 4.14.